The molecule has 7 aromatic carbocycles. The van der Waals surface area contributed by atoms with E-state index in [0.29, 0.717) is 0 Å². The van der Waals surface area contributed by atoms with Crippen LogP contribution in [-0.2, 0) is 10.8 Å². The maximum absolute atomic E-state index is 2.50. The van der Waals surface area contributed by atoms with Crippen LogP contribution < -0.4 is 9.80 Å². The number of para-hydroxylation sites is 2. The van der Waals surface area contributed by atoms with Gasteiger partial charge < -0.3 is 9.80 Å². The predicted molar refractivity (Wildman–Crippen MR) is 251 cm³/mol. The summed E-state index contributed by atoms with van der Waals surface area (Å²) in [7, 11) is 0. The maximum atomic E-state index is 2.50. The van der Waals surface area contributed by atoms with Gasteiger partial charge in [0.1, 0.15) is 0 Å². The van der Waals surface area contributed by atoms with Crippen LogP contribution in [0, 0.1) is 13.8 Å². The third-order valence-corrected chi connectivity index (χ3v) is 14.8. The monoisotopic (exact) mass is 784 g/mol. The van der Waals surface area contributed by atoms with E-state index in [-0.39, 0.29) is 10.8 Å². The number of aryl methyl sites for hydroxylation is 2. The van der Waals surface area contributed by atoms with E-state index >= 15 is 0 Å². The van der Waals surface area contributed by atoms with Crippen LogP contribution >= 0.6 is 22.7 Å². The van der Waals surface area contributed by atoms with E-state index in [2.05, 4.69) is 208 Å². The molecule has 2 aromatic heterocycles. The molecule has 0 bridgehead atoms. The Kier molecular flexibility index (Phi) is 7.77. The molecule has 0 fully saturated rings. The molecule has 0 radical (unpaired) electrons. The zero-order valence-electron chi connectivity index (χ0n) is 33.7. The van der Waals surface area contributed by atoms with Gasteiger partial charge in [-0.15, -0.1) is 22.7 Å². The van der Waals surface area contributed by atoms with E-state index in [0.717, 1.165) is 0 Å². The third kappa shape index (κ3) is 5.01. The minimum absolute atomic E-state index is 0.225. The number of thiophene rings is 2. The SMILES string of the molecule is Cc1cc(N(c2ccccc2)c2csc3ccccc23)cc2c1-c1ccc3c(c1C2(C)C)C(C)(C)c1cc(N(c2ccccc2)c2csc4ccccc24)cc(C)c1-3. The van der Waals surface area contributed by atoms with Crippen LogP contribution in [0.15, 0.2) is 156 Å². The zero-order chi connectivity index (χ0) is 39.5. The molecule has 0 N–H and O–H groups in total. The third-order valence-electron chi connectivity index (χ3n) is 12.9. The second kappa shape index (κ2) is 12.8. The molecule has 2 heterocycles. The topological polar surface area (TPSA) is 6.48 Å². The lowest BCUT2D eigenvalue weighted by Crippen LogP contribution is -2.24. The molecular weight excluding hydrogens is 741 g/mol. The number of hydrogen-bond acceptors (Lipinski definition) is 4. The molecule has 58 heavy (non-hydrogen) atoms. The fraction of sp³-hybridized carbons (Fsp3) is 0.148. The van der Waals surface area contributed by atoms with Crippen molar-refractivity contribution >= 4 is 77.0 Å². The average molecular weight is 785 g/mol. The summed E-state index contributed by atoms with van der Waals surface area (Å²) in [6, 6.07) is 54.0. The van der Waals surface area contributed by atoms with E-state index in [4.69, 9.17) is 0 Å². The van der Waals surface area contributed by atoms with Crippen molar-refractivity contribution < 1.29 is 0 Å². The fourth-order valence-electron chi connectivity index (χ4n) is 10.4. The standard InChI is InChI=1S/C54H44N2S2/c1-33-27-37(55(35-17-9-7-10-18-35)45-31-57-47-23-15-13-21-39(45)47)29-43-49(33)41-25-26-42-50-34(2)28-38(30-44(50)54(5,6)52(42)51(41)53(43,3)4)56(36-19-11-8-12-20-36)46-32-58-48-24-16-14-22-40(46)48/h7-32H,1-6H3. The Morgan fingerprint density at radius 3 is 1.21 bits per heavy atom. The first-order valence-corrected chi connectivity index (χ1v) is 22.0. The van der Waals surface area contributed by atoms with Crippen LogP contribution in [-0.4, -0.2) is 0 Å². The van der Waals surface area contributed by atoms with Crippen LogP contribution in [0.3, 0.4) is 0 Å². The Labute approximate surface area is 349 Å². The summed E-state index contributed by atoms with van der Waals surface area (Å²) >= 11 is 3.63. The highest BCUT2D eigenvalue weighted by Gasteiger charge is 2.47. The highest BCUT2D eigenvalue weighted by molar-refractivity contribution is 7.18. The lowest BCUT2D eigenvalue weighted by Gasteiger charge is -2.32. The molecule has 0 unspecified atom stereocenters. The molecule has 282 valence electrons. The van der Waals surface area contributed by atoms with E-state index in [1.165, 1.54) is 110 Å². The largest absolute Gasteiger partial charge is 0.309 e. The molecule has 0 amide bonds. The number of fused-ring (bicyclic) bond motifs is 9. The van der Waals surface area contributed by atoms with Gasteiger partial charge in [-0.05, 0) is 130 Å². The van der Waals surface area contributed by atoms with Gasteiger partial charge in [0.25, 0.3) is 0 Å². The second-order valence-electron chi connectivity index (χ2n) is 17.1. The molecule has 2 aliphatic rings. The first-order valence-electron chi connectivity index (χ1n) is 20.2. The molecule has 0 atom stereocenters. The van der Waals surface area contributed by atoms with Gasteiger partial charge in [0.05, 0.1) is 11.4 Å². The number of anilines is 6. The van der Waals surface area contributed by atoms with Crippen LogP contribution in [0.1, 0.15) is 61.1 Å². The fourth-order valence-corrected chi connectivity index (χ4v) is 12.2. The molecule has 4 heteroatoms. The predicted octanol–water partition coefficient (Wildman–Crippen LogP) is 16.3. The van der Waals surface area contributed by atoms with Gasteiger partial charge in [0, 0.05) is 64.5 Å². The number of benzene rings is 7. The molecule has 2 aliphatic carbocycles. The highest BCUT2D eigenvalue weighted by Crippen LogP contribution is 2.61. The Bertz CT molecular complexity index is 2880. The minimum atomic E-state index is -0.225. The normalized spacial score (nSPS) is 14.3. The smallest absolute Gasteiger partial charge is 0.0647 e. The Morgan fingerprint density at radius 2 is 0.793 bits per heavy atom. The second-order valence-corrected chi connectivity index (χ2v) is 18.9. The molecule has 0 spiro atoms. The lowest BCUT2D eigenvalue weighted by atomic mass is 9.72. The number of nitrogens with zero attached hydrogens (tertiary/aromatic N) is 2. The molecule has 0 aliphatic heterocycles. The van der Waals surface area contributed by atoms with Crippen molar-refractivity contribution in [1.29, 1.82) is 0 Å². The molecule has 2 nitrogen and oxygen atoms in total. The lowest BCUT2D eigenvalue weighted by molar-refractivity contribution is 0.601. The van der Waals surface area contributed by atoms with Crippen LogP contribution in [0.4, 0.5) is 34.1 Å². The van der Waals surface area contributed by atoms with Gasteiger partial charge in [-0.3, -0.25) is 0 Å². The van der Waals surface area contributed by atoms with Crippen molar-refractivity contribution in [1.82, 2.24) is 0 Å². The molecule has 0 saturated heterocycles. The van der Waals surface area contributed by atoms with Gasteiger partial charge in [0.15, 0.2) is 0 Å². The summed E-state index contributed by atoms with van der Waals surface area (Å²) in [4.78, 5) is 4.94. The summed E-state index contributed by atoms with van der Waals surface area (Å²) in [5.41, 5.74) is 20.6. The van der Waals surface area contributed by atoms with Crippen molar-refractivity contribution in [2.75, 3.05) is 9.80 Å². The summed E-state index contributed by atoms with van der Waals surface area (Å²) in [6.07, 6.45) is 0. The molecule has 9 aromatic rings. The molecule has 11 rings (SSSR count). The zero-order valence-corrected chi connectivity index (χ0v) is 35.4. The first kappa shape index (κ1) is 35.2. The first-order chi connectivity index (χ1) is 28.1. The minimum Gasteiger partial charge on any atom is -0.309 e. The molecular formula is C54H44N2S2. The van der Waals surface area contributed by atoms with E-state index in [1.54, 1.807) is 0 Å². The highest BCUT2D eigenvalue weighted by atomic mass is 32.1. The summed E-state index contributed by atoms with van der Waals surface area (Å²) in [5, 5.41) is 7.20. The van der Waals surface area contributed by atoms with Crippen LogP contribution in [0.25, 0.3) is 42.4 Å². The summed E-state index contributed by atoms with van der Waals surface area (Å²) in [6.45, 7) is 14.5. The van der Waals surface area contributed by atoms with Gasteiger partial charge >= 0.3 is 0 Å². The number of rotatable bonds is 6. The maximum Gasteiger partial charge on any atom is 0.0647 e. The Hall–Kier alpha value is -5.94. The van der Waals surface area contributed by atoms with Crippen LogP contribution in [0.2, 0.25) is 0 Å². The van der Waals surface area contributed by atoms with E-state index < -0.39 is 0 Å². The van der Waals surface area contributed by atoms with E-state index in [1.807, 2.05) is 22.7 Å². The van der Waals surface area contributed by atoms with Gasteiger partial charge in [-0.2, -0.15) is 0 Å². The number of hydrogen-bond donors (Lipinski definition) is 0. The van der Waals surface area contributed by atoms with Crippen molar-refractivity contribution in [3.05, 3.63) is 190 Å². The van der Waals surface area contributed by atoms with Gasteiger partial charge in [-0.1, -0.05) is 113 Å². The van der Waals surface area contributed by atoms with Crippen molar-refractivity contribution in [3.8, 4) is 22.3 Å². The average Bonchev–Trinajstić information content (AvgIpc) is 3.96. The van der Waals surface area contributed by atoms with Crippen molar-refractivity contribution in [2.45, 2.75) is 52.4 Å². The summed E-state index contributed by atoms with van der Waals surface area (Å²) in [5.74, 6) is 0. The Balaban J connectivity index is 1.07. The van der Waals surface area contributed by atoms with E-state index in [9.17, 15) is 0 Å². The van der Waals surface area contributed by atoms with Crippen molar-refractivity contribution in [3.63, 3.8) is 0 Å². The van der Waals surface area contributed by atoms with Gasteiger partial charge in [-0.25, -0.2) is 0 Å². The molecule has 0 saturated carbocycles. The quantitative estimate of drug-likeness (QED) is 0.166. The van der Waals surface area contributed by atoms with Gasteiger partial charge in [0.2, 0.25) is 0 Å². The van der Waals surface area contributed by atoms with Crippen molar-refractivity contribution in [2.24, 2.45) is 0 Å². The van der Waals surface area contributed by atoms with Crippen LogP contribution in [0.5, 0.6) is 0 Å². The summed E-state index contributed by atoms with van der Waals surface area (Å²) < 4.78 is 2.60. The Morgan fingerprint density at radius 1 is 0.414 bits per heavy atom.